The van der Waals surface area contributed by atoms with E-state index in [-0.39, 0.29) is 0 Å². The molecule has 0 aromatic carbocycles. The summed E-state index contributed by atoms with van der Waals surface area (Å²) >= 11 is -76.7. The average Bonchev–Trinajstić information content (AvgIpc) is 2.61. The van der Waals surface area contributed by atoms with Crippen LogP contribution < -0.4 is 0 Å². The van der Waals surface area contributed by atoms with E-state index in [0.717, 1.165) is 0 Å². The van der Waals surface area contributed by atoms with E-state index in [2.05, 4.69) is 18.4 Å². The molecule has 0 atom stereocenters. The number of hydrogen-bond donors (Lipinski definition) is 6. The van der Waals surface area contributed by atoms with Crippen LogP contribution in [0, 0.1) is 0 Å². The van der Waals surface area contributed by atoms with E-state index in [1.807, 2.05) is 0 Å². The first kappa shape index (κ1) is 61.7. The van der Waals surface area contributed by atoms with Crippen molar-refractivity contribution in [2.45, 2.75) is 0 Å². The van der Waals surface area contributed by atoms with E-state index in [0.29, 0.717) is 0 Å². The van der Waals surface area contributed by atoms with Crippen LogP contribution in [0.2, 0.25) is 0 Å². The molecular formula is H7O39SiW12. The Morgan fingerprint density at radius 3 is 0.538 bits per heavy atom. The molecule has 0 heterocycles. The Morgan fingerprint density at radius 2 is 0.442 bits per heavy atom. The van der Waals surface area contributed by atoms with Crippen LogP contribution in [-0.2, 0) is 304 Å². The molecule has 0 unspecified atom stereocenters. The van der Waals surface area contributed by atoms with Gasteiger partial charge in [-0.1, -0.05) is 0 Å². The quantitative estimate of drug-likeness (QED) is 0.0694. The van der Waals surface area contributed by atoms with Gasteiger partial charge in [-0.25, -0.2) is 0 Å². The van der Waals surface area contributed by atoms with E-state index < -0.39 is 213 Å². The van der Waals surface area contributed by atoms with Crippen molar-refractivity contribution in [2.24, 2.45) is 0 Å². The summed E-state index contributed by atoms with van der Waals surface area (Å²) in [4.78, 5) is 21.9. The van der Waals surface area contributed by atoms with Crippen LogP contribution in [0.1, 0.15) is 0 Å². The molecule has 0 saturated carbocycles. The summed E-state index contributed by atoms with van der Waals surface area (Å²) in [6.07, 6.45) is 0. The van der Waals surface area contributed by atoms with Crippen molar-refractivity contribution in [3.63, 3.8) is 0 Å². The third-order valence-corrected chi connectivity index (χ3v) is 95.4. The molecule has 39 nitrogen and oxygen atoms in total. The van der Waals surface area contributed by atoms with E-state index in [1.54, 1.807) is 0 Å². The molecule has 0 aliphatic rings. The number of hydrogen-bond acceptors (Lipinski definition) is 36. The maximum absolute atomic E-state index is 10.6. The van der Waals surface area contributed by atoms with Crippen molar-refractivity contribution < 1.29 is 329 Å². The van der Waals surface area contributed by atoms with E-state index in [9.17, 15) is 81.5 Å². The van der Waals surface area contributed by atoms with Gasteiger partial charge in [-0.2, -0.15) is 0 Å². The Bertz CT molecular complexity index is 2120. The van der Waals surface area contributed by atoms with Crippen LogP contribution >= 0.6 is 0 Å². The van der Waals surface area contributed by atoms with Crippen molar-refractivity contribution in [2.75, 3.05) is 0 Å². The normalized spacial score (nSPS) is 13.2. The van der Waals surface area contributed by atoms with Gasteiger partial charge >= 0.3 is 324 Å². The van der Waals surface area contributed by atoms with Crippen LogP contribution in [-0.4, -0.2) is 35.2 Å². The molecule has 52 heteroatoms. The van der Waals surface area contributed by atoms with Crippen molar-refractivity contribution in [1.82, 2.24) is 0 Å². The van der Waals surface area contributed by atoms with Gasteiger partial charge in [0.1, 0.15) is 0 Å². The third kappa shape index (κ3) is 49.2. The first-order chi connectivity index (χ1) is 22.2. The molecule has 0 aliphatic heterocycles. The first-order valence-electron chi connectivity index (χ1n) is 8.32. The van der Waals surface area contributed by atoms with Crippen molar-refractivity contribution in [1.29, 1.82) is 0 Å². The predicted octanol–water partition coefficient (Wildman–Crippen LogP) is -7.49. The minimum atomic E-state index is -6.98. The SMILES string of the molecule is O[SiH](O)O.[O]=[W](=[O])[O][W](=[O])(=[O])[O][W](=[O])(=[O])[O][W](=[O])(=[O])[OH].[O]=[W](=[O])[O][W](=[O])(=[O])[O][W](=[O])(=[O])[O][W](=[O])(=[O])[OH].[O]=[W](=[O])[O][W](=[O])(=[O])[O][W](=[O])(=[O])[O][W](=[O])(=[O])[OH]. The van der Waals surface area contributed by atoms with Crippen LogP contribution in [0.3, 0.4) is 0 Å². The van der Waals surface area contributed by atoms with Gasteiger partial charge in [-0.05, 0) is 0 Å². The maximum atomic E-state index is 10.6. The molecule has 0 saturated heterocycles. The van der Waals surface area contributed by atoms with Crippen molar-refractivity contribution >= 4 is 9.53 Å². The van der Waals surface area contributed by atoms with E-state index in [1.165, 1.54) is 0 Å². The fourth-order valence-electron chi connectivity index (χ4n) is 0.894. The Balaban J connectivity index is -0.000000315. The molecule has 0 rings (SSSR count). The second-order valence-corrected chi connectivity index (χ2v) is 77.6. The van der Waals surface area contributed by atoms with Gasteiger partial charge in [-0.3, -0.25) is 0 Å². The molecule has 0 amide bonds. The van der Waals surface area contributed by atoms with Gasteiger partial charge in [0, 0.05) is 0 Å². The Hall–Kier alpha value is 3.08. The average molecular weight is 2870 g/mol. The Kier molecular flexibility index (Phi) is 29.7. The fraction of sp³-hybridized carbons (Fsp3) is 0. The molecule has 0 radical (unpaired) electrons. The summed E-state index contributed by atoms with van der Waals surface area (Å²) in [6.45, 7) is 0. The molecule has 0 aromatic rings. The van der Waals surface area contributed by atoms with Gasteiger partial charge in [0.05, 0.1) is 0 Å². The van der Waals surface area contributed by atoms with Gasteiger partial charge in [-0.15, -0.1) is 0 Å². The van der Waals surface area contributed by atoms with E-state index >= 15 is 0 Å². The molecule has 52 heavy (non-hydrogen) atoms. The third-order valence-electron chi connectivity index (χ3n) is 1.42. The molecule has 0 aliphatic carbocycles. The predicted molar refractivity (Wildman–Crippen MR) is 46.7 cm³/mol. The minimum absolute atomic E-state index is 3.06. The topological polar surface area (TPSA) is 614 Å². The van der Waals surface area contributed by atoms with Crippen LogP contribution in [0.25, 0.3) is 0 Å². The molecule has 0 aromatic heterocycles. The monoisotopic (exact) mass is 2870 g/mol. The van der Waals surface area contributed by atoms with Crippen molar-refractivity contribution in [3.05, 3.63) is 0 Å². The molecule has 317 valence electrons. The first-order valence-corrected chi connectivity index (χ1v) is 64.1. The fourth-order valence-corrected chi connectivity index (χ4v) is 92.7. The zero-order valence-electron chi connectivity index (χ0n) is 21.6. The molecular weight excluding hydrogens is 2860 g/mol. The Morgan fingerprint density at radius 1 is 0.308 bits per heavy atom. The standard InChI is InChI=1S/H4O3Si.3H2O.33O.12W/c1-4(2)3;;;;;;;;;;;;;;;;;;;;;;;;;;;;;;;;;;;;;;;;;;;;;;;;/h1-4H;3*1H2;;;;;;;;;;;;;;;;;;;;;;;;;;;;;;;;;;;;;;;;;;;;;/q;;;;;;;;;;;;;;;;;;;;;;;;;;;;;;;;;;;;;;;;;;;;;;3*+1/p-3. The van der Waals surface area contributed by atoms with Crippen LogP contribution in [0.5, 0.6) is 0 Å². The van der Waals surface area contributed by atoms with E-state index in [4.69, 9.17) is 25.7 Å². The molecule has 6 N–H and O–H groups in total. The van der Waals surface area contributed by atoms with Crippen LogP contribution in [0.4, 0.5) is 0 Å². The second kappa shape index (κ2) is 25.0. The number of rotatable bonds is 18. The molecule has 0 bridgehead atoms. The summed E-state index contributed by atoms with van der Waals surface area (Å²) < 4.78 is 300. The van der Waals surface area contributed by atoms with Gasteiger partial charge in [0.25, 0.3) is 0 Å². The molecule has 0 fully saturated rings. The van der Waals surface area contributed by atoms with Gasteiger partial charge in [0.15, 0.2) is 0 Å². The Labute approximate surface area is 332 Å². The zero-order valence-corrected chi connectivity index (χ0v) is 58.0. The summed E-state index contributed by atoms with van der Waals surface area (Å²) in [5.41, 5.74) is 0. The van der Waals surface area contributed by atoms with Gasteiger partial charge < -0.3 is 14.4 Å². The van der Waals surface area contributed by atoms with Gasteiger partial charge in [0.2, 0.25) is 0 Å². The summed E-state index contributed by atoms with van der Waals surface area (Å²) in [5.74, 6) is 0. The summed E-state index contributed by atoms with van der Waals surface area (Å²) in [7, 11) is -3.14. The zero-order chi connectivity index (χ0) is 43.2. The molecule has 0 spiro atoms. The van der Waals surface area contributed by atoms with Crippen LogP contribution in [0.15, 0.2) is 0 Å². The summed E-state index contributed by atoms with van der Waals surface area (Å²) in [5, 5.41) is 0. The summed E-state index contributed by atoms with van der Waals surface area (Å²) in [6, 6.07) is 0. The second-order valence-electron chi connectivity index (χ2n) is 5.30. The van der Waals surface area contributed by atoms with Crippen molar-refractivity contribution in [3.8, 4) is 0 Å².